The zero-order valence-corrected chi connectivity index (χ0v) is 22.3. The van der Waals surface area contributed by atoms with Gasteiger partial charge in [0.2, 0.25) is 0 Å². The molecule has 0 saturated carbocycles. The Labute approximate surface area is 232 Å². The highest BCUT2D eigenvalue weighted by Crippen LogP contribution is 2.34. The molecule has 11 nitrogen and oxygen atoms in total. The van der Waals surface area contributed by atoms with Crippen LogP contribution in [0.15, 0.2) is 42.5 Å². The molecule has 0 radical (unpaired) electrons. The van der Waals surface area contributed by atoms with Crippen molar-refractivity contribution >= 4 is 28.4 Å². The van der Waals surface area contributed by atoms with Crippen molar-refractivity contribution in [1.82, 2.24) is 20.2 Å². The van der Waals surface area contributed by atoms with Crippen LogP contribution in [0, 0.1) is 11.3 Å². The minimum atomic E-state index is -0.999. The number of amides is 1. The second kappa shape index (κ2) is 11.5. The average molecular weight is 544 g/mol. The van der Waals surface area contributed by atoms with E-state index in [4.69, 9.17) is 19.4 Å². The summed E-state index contributed by atoms with van der Waals surface area (Å²) in [5.41, 5.74) is 3.13. The number of anilines is 2. The van der Waals surface area contributed by atoms with Gasteiger partial charge in [-0.15, -0.1) is 0 Å². The van der Waals surface area contributed by atoms with Gasteiger partial charge in [0.15, 0.2) is 0 Å². The lowest BCUT2D eigenvalue weighted by atomic mass is 10.0. The molecule has 2 fully saturated rings. The maximum atomic E-state index is 11.8. The lowest BCUT2D eigenvalue weighted by Crippen LogP contribution is -2.55. The first kappa shape index (κ1) is 26.1. The Balaban J connectivity index is 1.32. The van der Waals surface area contributed by atoms with Gasteiger partial charge in [0.05, 0.1) is 50.0 Å². The van der Waals surface area contributed by atoms with E-state index in [1.54, 1.807) is 0 Å². The van der Waals surface area contributed by atoms with Gasteiger partial charge >= 0.3 is 12.1 Å². The molecule has 40 heavy (non-hydrogen) atoms. The number of ether oxygens (including phenoxy) is 2. The highest BCUT2D eigenvalue weighted by atomic mass is 16.5. The summed E-state index contributed by atoms with van der Waals surface area (Å²) in [4.78, 5) is 27.4. The molecule has 1 amide bonds. The third-order valence-electron chi connectivity index (χ3n) is 7.90. The van der Waals surface area contributed by atoms with Crippen LogP contribution in [0.25, 0.3) is 10.8 Å². The first-order valence-corrected chi connectivity index (χ1v) is 13.8. The second-order valence-electron chi connectivity index (χ2n) is 10.4. The Morgan fingerprint density at radius 1 is 1.15 bits per heavy atom. The summed E-state index contributed by atoms with van der Waals surface area (Å²) in [6.45, 7) is 5.02. The zero-order chi connectivity index (χ0) is 27.5. The smallest absolute Gasteiger partial charge is 0.407 e. The molecule has 0 spiro atoms. The van der Waals surface area contributed by atoms with Crippen LogP contribution in [0.1, 0.15) is 17.7 Å². The topological polar surface area (TPSA) is 127 Å². The summed E-state index contributed by atoms with van der Waals surface area (Å²) >= 11 is 0. The third kappa shape index (κ3) is 5.33. The predicted octanol–water partition coefficient (Wildman–Crippen LogP) is 2.64. The van der Waals surface area contributed by atoms with Gasteiger partial charge < -0.3 is 34.6 Å². The molecule has 3 aromatic rings. The number of piperazine rings is 1. The summed E-state index contributed by atoms with van der Waals surface area (Å²) in [5, 5.41) is 24.8. The Bertz CT molecular complexity index is 1420. The van der Waals surface area contributed by atoms with Gasteiger partial charge in [-0.1, -0.05) is 36.4 Å². The van der Waals surface area contributed by atoms with E-state index in [0.29, 0.717) is 52.0 Å². The number of nitrogens with one attached hydrogen (secondary N) is 1. The van der Waals surface area contributed by atoms with Crippen LogP contribution in [0.5, 0.6) is 6.01 Å². The summed E-state index contributed by atoms with van der Waals surface area (Å²) in [6.07, 6.45) is -0.128. The molecule has 1 aromatic heterocycles. The van der Waals surface area contributed by atoms with E-state index in [9.17, 15) is 15.2 Å². The molecule has 4 heterocycles. The first-order chi connectivity index (χ1) is 19.6. The van der Waals surface area contributed by atoms with Crippen LogP contribution in [-0.2, 0) is 17.7 Å². The number of fused-ring (bicyclic) bond motifs is 2. The largest absolute Gasteiger partial charge is 0.465 e. The van der Waals surface area contributed by atoms with E-state index < -0.39 is 12.1 Å². The van der Waals surface area contributed by atoms with Gasteiger partial charge in [0.1, 0.15) is 12.4 Å². The maximum Gasteiger partial charge on any atom is 0.407 e. The Morgan fingerprint density at radius 3 is 2.85 bits per heavy atom. The number of nitrogens with zero attached hydrogens (tertiary/aromatic N) is 6. The number of carboxylic acid groups (broad SMARTS) is 1. The monoisotopic (exact) mass is 543 g/mol. The molecular formula is C29H33N7O4. The molecule has 1 unspecified atom stereocenters. The second-order valence-corrected chi connectivity index (χ2v) is 10.4. The minimum Gasteiger partial charge on any atom is -0.465 e. The fraction of sp³-hybridized carbons (Fsp3) is 0.448. The summed E-state index contributed by atoms with van der Waals surface area (Å²) in [6, 6.07) is 16.8. The van der Waals surface area contributed by atoms with Crippen molar-refractivity contribution < 1.29 is 19.4 Å². The minimum absolute atomic E-state index is 0.0585. The lowest BCUT2D eigenvalue weighted by molar-refractivity contribution is 0.0576. The molecule has 0 bridgehead atoms. The van der Waals surface area contributed by atoms with Gasteiger partial charge in [-0.25, -0.2) is 4.79 Å². The van der Waals surface area contributed by atoms with Crippen molar-refractivity contribution in [3.05, 3.63) is 53.7 Å². The van der Waals surface area contributed by atoms with E-state index in [2.05, 4.69) is 63.7 Å². The number of hydrogen-bond acceptors (Lipinski definition) is 9. The average Bonchev–Trinajstić information content (AvgIpc) is 2.99. The van der Waals surface area contributed by atoms with Crippen molar-refractivity contribution in [1.29, 1.82) is 5.26 Å². The molecule has 3 aliphatic rings. The van der Waals surface area contributed by atoms with Crippen molar-refractivity contribution in [2.45, 2.75) is 31.5 Å². The van der Waals surface area contributed by atoms with E-state index in [-0.39, 0.29) is 12.5 Å². The van der Waals surface area contributed by atoms with Crippen LogP contribution in [0.2, 0.25) is 0 Å². The van der Waals surface area contributed by atoms with Crippen LogP contribution < -0.4 is 19.9 Å². The quantitative estimate of drug-likeness (QED) is 0.479. The van der Waals surface area contributed by atoms with E-state index in [1.807, 2.05) is 0 Å². The number of aromatic nitrogens is 2. The molecule has 2 aromatic carbocycles. The highest BCUT2D eigenvalue weighted by Gasteiger charge is 2.34. The molecule has 3 aliphatic heterocycles. The van der Waals surface area contributed by atoms with Gasteiger partial charge in [-0.3, -0.25) is 0 Å². The van der Waals surface area contributed by atoms with Crippen LogP contribution in [-0.4, -0.2) is 90.7 Å². The Kier molecular flexibility index (Phi) is 7.53. The van der Waals surface area contributed by atoms with Crippen molar-refractivity contribution in [2.75, 3.05) is 62.3 Å². The predicted molar refractivity (Wildman–Crippen MR) is 150 cm³/mol. The Morgan fingerprint density at radius 2 is 2.02 bits per heavy atom. The van der Waals surface area contributed by atoms with Crippen molar-refractivity contribution in [3.8, 4) is 12.1 Å². The number of benzene rings is 2. The molecule has 11 heteroatoms. The molecule has 2 N–H and O–H groups in total. The van der Waals surface area contributed by atoms with Crippen LogP contribution >= 0.6 is 0 Å². The summed E-state index contributed by atoms with van der Waals surface area (Å²) in [5.74, 6) is 0.776. The highest BCUT2D eigenvalue weighted by molar-refractivity contribution is 5.94. The standard InChI is InChI=1S/C29H33N7O4/c30-10-8-22-16-35(13-14-36(22)29(37)38)27-24-9-12-34(26-7-3-5-20-4-1-2-6-23(20)26)17-25(24)32-28(33-27)40-19-21-18-39-15-11-31-21/h1-7,21-22,31H,8-9,11-19H2,(H,37,38)/t21-,22?/m0/s1. The van der Waals surface area contributed by atoms with Gasteiger partial charge in [-0.2, -0.15) is 15.2 Å². The molecule has 6 rings (SSSR count). The molecule has 0 aliphatic carbocycles. The number of nitriles is 1. The molecule has 2 atom stereocenters. The Hall–Kier alpha value is -4.14. The SMILES string of the molecule is N#CCC1CN(c2nc(OC[C@@H]3COCCN3)nc3c2CCN(c2cccc4ccccc24)C3)CCN1C(=O)O. The van der Waals surface area contributed by atoms with E-state index >= 15 is 0 Å². The number of hydrogen-bond donors (Lipinski definition) is 2. The number of morpholine rings is 1. The molecular weight excluding hydrogens is 510 g/mol. The fourth-order valence-corrected chi connectivity index (χ4v) is 5.89. The van der Waals surface area contributed by atoms with Crippen LogP contribution in [0.4, 0.5) is 16.3 Å². The zero-order valence-electron chi connectivity index (χ0n) is 22.3. The van der Waals surface area contributed by atoms with Gasteiger partial charge in [-0.05, 0) is 17.9 Å². The third-order valence-corrected chi connectivity index (χ3v) is 7.90. The molecule has 2 saturated heterocycles. The van der Waals surface area contributed by atoms with Crippen LogP contribution in [0.3, 0.4) is 0 Å². The van der Waals surface area contributed by atoms with Gasteiger partial charge in [0, 0.05) is 49.4 Å². The first-order valence-electron chi connectivity index (χ1n) is 13.8. The summed E-state index contributed by atoms with van der Waals surface area (Å²) < 4.78 is 11.7. The number of carbonyl (C=O) groups is 1. The fourth-order valence-electron chi connectivity index (χ4n) is 5.89. The summed E-state index contributed by atoms with van der Waals surface area (Å²) in [7, 11) is 0. The van der Waals surface area contributed by atoms with E-state index in [0.717, 1.165) is 36.6 Å². The normalized spacial score (nSPS) is 21.1. The van der Waals surface area contributed by atoms with E-state index in [1.165, 1.54) is 21.4 Å². The van der Waals surface area contributed by atoms with Crippen molar-refractivity contribution in [2.24, 2.45) is 0 Å². The lowest BCUT2D eigenvalue weighted by Gasteiger charge is -2.41. The van der Waals surface area contributed by atoms with Gasteiger partial charge in [0.25, 0.3) is 0 Å². The maximum absolute atomic E-state index is 11.8. The number of rotatable bonds is 6. The van der Waals surface area contributed by atoms with Crippen molar-refractivity contribution in [3.63, 3.8) is 0 Å². The molecule has 208 valence electrons.